The number of unbranched alkanes of at least 4 members (excludes halogenated alkanes) is 1. The van der Waals surface area contributed by atoms with Gasteiger partial charge in [0.05, 0.1) is 0 Å². The fourth-order valence-corrected chi connectivity index (χ4v) is 2.48. The molecule has 0 heterocycles. The predicted molar refractivity (Wildman–Crippen MR) is 88.6 cm³/mol. The van der Waals surface area contributed by atoms with Gasteiger partial charge in [-0.3, -0.25) is 9.59 Å². The zero-order valence-electron chi connectivity index (χ0n) is 13.5. The zero-order chi connectivity index (χ0) is 15.9. The molecular formula is C18H26N2O2. The van der Waals surface area contributed by atoms with E-state index in [1.807, 2.05) is 12.1 Å². The van der Waals surface area contributed by atoms with E-state index < -0.39 is 0 Å². The number of nitrogens with one attached hydrogen (secondary N) is 2. The zero-order valence-corrected chi connectivity index (χ0v) is 13.5. The van der Waals surface area contributed by atoms with Crippen LogP contribution in [-0.4, -0.2) is 18.4 Å². The first-order valence-corrected chi connectivity index (χ1v) is 8.26. The minimum Gasteiger partial charge on any atom is -0.355 e. The third-order valence-corrected chi connectivity index (χ3v) is 4.15. The lowest BCUT2D eigenvalue weighted by Gasteiger charge is -2.07. The fourth-order valence-electron chi connectivity index (χ4n) is 2.48. The van der Waals surface area contributed by atoms with Crippen molar-refractivity contribution >= 4 is 17.5 Å². The summed E-state index contributed by atoms with van der Waals surface area (Å²) in [5.41, 5.74) is 2.11. The van der Waals surface area contributed by atoms with Crippen LogP contribution in [0, 0.1) is 11.8 Å². The number of rotatable bonds is 8. The van der Waals surface area contributed by atoms with Crippen LogP contribution in [0.4, 0.5) is 5.69 Å². The largest absolute Gasteiger partial charge is 0.355 e. The summed E-state index contributed by atoms with van der Waals surface area (Å²) in [4.78, 5) is 23.5. The molecule has 2 amide bonds. The summed E-state index contributed by atoms with van der Waals surface area (Å²) in [6.07, 6.45) is 4.73. The maximum atomic E-state index is 11.8. The van der Waals surface area contributed by atoms with Crippen LogP contribution in [0.3, 0.4) is 0 Å². The highest BCUT2D eigenvalue weighted by molar-refractivity contribution is 5.91. The molecular weight excluding hydrogens is 276 g/mol. The second-order valence-corrected chi connectivity index (χ2v) is 6.21. The van der Waals surface area contributed by atoms with E-state index in [1.54, 1.807) is 0 Å². The molecule has 0 aliphatic heterocycles. The van der Waals surface area contributed by atoms with E-state index in [4.69, 9.17) is 0 Å². The van der Waals surface area contributed by atoms with Crippen molar-refractivity contribution in [2.75, 3.05) is 11.9 Å². The number of anilines is 1. The van der Waals surface area contributed by atoms with Gasteiger partial charge in [-0.25, -0.2) is 0 Å². The Morgan fingerprint density at radius 3 is 2.50 bits per heavy atom. The van der Waals surface area contributed by atoms with Gasteiger partial charge in [-0.05, 0) is 42.9 Å². The molecule has 1 aromatic carbocycles. The van der Waals surface area contributed by atoms with Crippen LogP contribution in [-0.2, 0) is 16.0 Å². The number of hydrogen-bond acceptors (Lipinski definition) is 2. The minimum atomic E-state index is -0.0644. The molecule has 4 nitrogen and oxygen atoms in total. The molecule has 1 aliphatic rings. The molecule has 2 N–H and O–H groups in total. The lowest BCUT2D eigenvalue weighted by molar-refractivity contribution is -0.122. The molecule has 0 radical (unpaired) electrons. The van der Waals surface area contributed by atoms with E-state index in [2.05, 4.69) is 36.6 Å². The van der Waals surface area contributed by atoms with Crippen molar-refractivity contribution in [3.63, 3.8) is 0 Å². The van der Waals surface area contributed by atoms with Crippen molar-refractivity contribution in [1.29, 1.82) is 0 Å². The molecule has 1 aromatic rings. The third-order valence-electron chi connectivity index (χ3n) is 4.15. The van der Waals surface area contributed by atoms with Gasteiger partial charge in [-0.1, -0.05) is 32.4 Å². The fraction of sp³-hybridized carbons (Fsp3) is 0.556. The van der Waals surface area contributed by atoms with Crippen molar-refractivity contribution in [3.05, 3.63) is 29.8 Å². The number of hydrogen-bond donors (Lipinski definition) is 2. The molecule has 2 rings (SSSR count). The second kappa shape index (κ2) is 7.97. The quantitative estimate of drug-likeness (QED) is 0.775. The highest BCUT2D eigenvalue weighted by Crippen LogP contribution is 2.37. The number of amides is 2. The third kappa shape index (κ3) is 5.17. The van der Waals surface area contributed by atoms with E-state index in [9.17, 15) is 9.59 Å². The van der Waals surface area contributed by atoms with Gasteiger partial charge in [0.1, 0.15) is 0 Å². The standard InChI is InChI=1S/C18H26N2O2/c1-3-4-5-14-6-8-15(9-7-14)20-17(21)10-11-19-18(22)16-12-13(16)2/h6-9,13,16H,3-5,10-12H2,1-2H3,(H,19,22)(H,20,21). The number of benzene rings is 1. The van der Waals surface area contributed by atoms with Crippen molar-refractivity contribution in [2.45, 2.75) is 46.0 Å². The van der Waals surface area contributed by atoms with Gasteiger partial charge in [0.25, 0.3) is 0 Å². The number of carbonyl (C=O) groups is 2. The molecule has 1 aliphatic carbocycles. The summed E-state index contributed by atoms with van der Waals surface area (Å²) in [6.45, 7) is 4.65. The average Bonchev–Trinajstić information content (AvgIpc) is 3.23. The molecule has 1 fully saturated rings. The van der Waals surface area contributed by atoms with Crippen LogP contribution in [0.2, 0.25) is 0 Å². The molecule has 2 unspecified atom stereocenters. The molecule has 0 bridgehead atoms. The Kier molecular flexibility index (Phi) is 5.99. The molecule has 22 heavy (non-hydrogen) atoms. The van der Waals surface area contributed by atoms with E-state index >= 15 is 0 Å². The molecule has 120 valence electrons. The number of carbonyl (C=O) groups excluding carboxylic acids is 2. The summed E-state index contributed by atoms with van der Waals surface area (Å²) in [7, 11) is 0. The van der Waals surface area contributed by atoms with Crippen molar-refractivity contribution in [1.82, 2.24) is 5.32 Å². The van der Waals surface area contributed by atoms with Gasteiger partial charge >= 0.3 is 0 Å². The van der Waals surface area contributed by atoms with Gasteiger partial charge in [-0.2, -0.15) is 0 Å². The molecule has 0 spiro atoms. The minimum absolute atomic E-state index is 0.0644. The summed E-state index contributed by atoms with van der Waals surface area (Å²) in [5, 5.41) is 5.69. The van der Waals surface area contributed by atoms with E-state index in [1.165, 1.54) is 18.4 Å². The predicted octanol–water partition coefficient (Wildman–Crippen LogP) is 3.13. The van der Waals surface area contributed by atoms with Gasteiger partial charge in [0.15, 0.2) is 0 Å². The Hall–Kier alpha value is -1.84. The van der Waals surface area contributed by atoms with E-state index in [-0.39, 0.29) is 17.7 Å². The molecule has 4 heteroatoms. The maximum Gasteiger partial charge on any atom is 0.226 e. The molecule has 1 saturated carbocycles. The second-order valence-electron chi connectivity index (χ2n) is 6.21. The molecule has 0 saturated heterocycles. The van der Waals surface area contributed by atoms with Crippen LogP contribution >= 0.6 is 0 Å². The van der Waals surface area contributed by atoms with Crippen LogP contribution in [0.5, 0.6) is 0 Å². The Bertz CT molecular complexity index is 510. The Labute approximate surface area is 132 Å². The van der Waals surface area contributed by atoms with Crippen LogP contribution in [0.1, 0.15) is 45.1 Å². The normalized spacial score (nSPS) is 19.5. The highest BCUT2D eigenvalue weighted by atomic mass is 16.2. The monoisotopic (exact) mass is 302 g/mol. The first-order valence-electron chi connectivity index (χ1n) is 8.26. The smallest absolute Gasteiger partial charge is 0.226 e. The van der Waals surface area contributed by atoms with Crippen LogP contribution in [0.15, 0.2) is 24.3 Å². The first kappa shape index (κ1) is 16.5. The summed E-state index contributed by atoms with van der Waals surface area (Å²) in [6, 6.07) is 7.99. The van der Waals surface area contributed by atoms with Crippen molar-refractivity contribution < 1.29 is 9.59 Å². The van der Waals surface area contributed by atoms with E-state index in [0.717, 1.165) is 18.5 Å². The van der Waals surface area contributed by atoms with Gasteiger partial charge < -0.3 is 10.6 Å². The van der Waals surface area contributed by atoms with Crippen molar-refractivity contribution in [2.24, 2.45) is 11.8 Å². The molecule has 2 atom stereocenters. The SMILES string of the molecule is CCCCc1ccc(NC(=O)CCNC(=O)C2CC2C)cc1. The van der Waals surface area contributed by atoms with Crippen molar-refractivity contribution in [3.8, 4) is 0 Å². The average molecular weight is 302 g/mol. The highest BCUT2D eigenvalue weighted by Gasteiger charge is 2.38. The Balaban J connectivity index is 1.66. The lowest BCUT2D eigenvalue weighted by atomic mass is 10.1. The molecule has 0 aromatic heterocycles. The lowest BCUT2D eigenvalue weighted by Crippen LogP contribution is -2.29. The van der Waals surface area contributed by atoms with Crippen LogP contribution in [0.25, 0.3) is 0 Å². The van der Waals surface area contributed by atoms with E-state index in [0.29, 0.717) is 18.9 Å². The van der Waals surface area contributed by atoms with Gasteiger partial charge in [0.2, 0.25) is 11.8 Å². The Morgan fingerprint density at radius 1 is 1.23 bits per heavy atom. The Morgan fingerprint density at radius 2 is 1.91 bits per heavy atom. The summed E-state index contributed by atoms with van der Waals surface area (Å²) in [5.74, 6) is 0.685. The summed E-state index contributed by atoms with van der Waals surface area (Å²) < 4.78 is 0. The van der Waals surface area contributed by atoms with Crippen LogP contribution < -0.4 is 10.6 Å². The first-order chi connectivity index (χ1) is 10.6. The van der Waals surface area contributed by atoms with Gasteiger partial charge in [0, 0.05) is 24.6 Å². The van der Waals surface area contributed by atoms with Gasteiger partial charge in [-0.15, -0.1) is 0 Å². The maximum absolute atomic E-state index is 11.8. The topological polar surface area (TPSA) is 58.2 Å². The number of aryl methyl sites for hydroxylation is 1. The summed E-state index contributed by atoms with van der Waals surface area (Å²) >= 11 is 0.